The number of hydrogen-bond donors (Lipinski definition) is 4. The Kier molecular flexibility index (Phi) is 4.14. The fourth-order valence-corrected chi connectivity index (χ4v) is 1.12. The van der Waals surface area contributed by atoms with Gasteiger partial charge in [-0.1, -0.05) is 12.1 Å². The Bertz CT molecular complexity index is 388. The predicted molar refractivity (Wildman–Crippen MR) is 67.1 cm³/mol. The van der Waals surface area contributed by atoms with E-state index in [0.717, 1.165) is 11.3 Å². The van der Waals surface area contributed by atoms with Crippen molar-refractivity contribution in [1.29, 1.82) is 0 Å². The molecule has 1 rings (SSSR count). The predicted octanol–water partition coefficient (Wildman–Crippen LogP) is -0.184. The van der Waals surface area contributed by atoms with Gasteiger partial charge in [-0.15, -0.1) is 0 Å². The van der Waals surface area contributed by atoms with Crippen molar-refractivity contribution in [2.24, 2.45) is 27.2 Å². The van der Waals surface area contributed by atoms with Crippen LogP contribution in [0.5, 0.6) is 0 Å². The van der Waals surface area contributed by atoms with Gasteiger partial charge in [-0.25, -0.2) is 4.99 Å². The van der Waals surface area contributed by atoms with Gasteiger partial charge in [-0.3, -0.25) is 0 Å². The van der Waals surface area contributed by atoms with E-state index in [9.17, 15) is 0 Å². The lowest BCUT2D eigenvalue weighted by Gasteiger charge is -2.01. The maximum Gasteiger partial charge on any atom is 0.218 e. The minimum Gasteiger partial charge on any atom is -0.388 e. The third-order valence-corrected chi connectivity index (χ3v) is 1.91. The van der Waals surface area contributed by atoms with Crippen LogP contribution >= 0.6 is 0 Å². The Hall–Kier alpha value is -2.24. The standard InChI is InChI=1S/C10H16N6/c1-14-8-4-2-7(3-5-8)6-15-10(13)16-9(11)12/h2-5,14H,6H2,1H3,(H6,11,12,13,15,16). The molecule has 1 aromatic rings. The summed E-state index contributed by atoms with van der Waals surface area (Å²) in [5.41, 5.74) is 17.9. The lowest BCUT2D eigenvalue weighted by molar-refractivity contribution is 1.05. The van der Waals surface area contributed by atoms with Crippen LogP contribution in [0.1, 0.15) is 5.56 Å². The molecule has 0 bridgehead atoms. The molecule has 0 atom stereocenters. The largest absolute Gasteiger partial charge is 0.388 e. The summed E-state index contributed by atoms with van der Waals surface area (Å²) in [7, 11) is 1.86. The first-order valence-corrected chi connectivity index (χ1v) is 4.78. The Balaban J connectivity index is 2.63. The highest BCUT2D eigenvalue weighted by atomic mass is 15.1. The normalized spacial score (nSPS) is 10.9. The van der Waals surface area contributed by atoms with Crippen LogP contribution in [0.15, 0.2) is 34.3 Å². The highest BCUT2D eigenvalue weighted by molar-refractivity contribution is 5.92. The number of anilines is 1. The number of rotatable bonds is 3. The van der Waals surface area contributed by atoms with Crippen LogP contribution in [-0.2, 0) is 6.54 Å². The second kappa shape index (κ2) is 5.59. The van der Waals surface area contributed by atoms with Gasteiger partial charge in [-0.2, -0.15) is 4.99 Å². The minimum atomic E-state index is -0.0909. The summed E-state index contributed by atoms with van der Waals surface area (Å²) in [6, 6.07) is 7.83. The van der Waals surface area contributed by atoms with E-state index in [0.29, 0.717) is 6.54 Å². The third-order valence-electron chi connectivity index (χ3n) is 1.91. The second-order valence-electron chi connectivity index (χ2n) is 3.16. The van der Waals surface area contributed by atoms with Crippen molar-refractivity contribution in [3.8, 4) is 0 Å². The van der Waals surface area contributed by atoms with Gasteiger partial charge < -0.3 is 22.5 Å². The molecule has 1 aromatic carbocycles. The molecule has 0 saturated carbocycles. The topological polar surface area (TPSA) is 115 Å². The molecule has 0 aliphatic carbocycles. The van der Waals surface area contributed by atoms with Crippen LogP contribution in [0.4, 0.5) is 5.69 Å². The van der Waals surface area contributed by atoms with E-state index in [1.165, 1.54) is 0 Å². The van der Waals surface area contributed by atoms with Gasteiger partial charge in [0.15, 0.2) is 5.96 Å². The van der Waals surface area contributed by atoms with Gasteiger partial charge in [0.25, 0.3) is 0 Å². The molecule has 86 valence electrons. The highest BCUT2D eigenvalue weighted by Crippen LogP contribution is 2.09. The van der Waals surface area contributed by atoms with E-state index in [-0.39, 0.29) is 11.9 Å². The van der Waals surface area contributed by atoms with Gasteiger partial charge in [0.2, 0.25) is 5.96 Å². The summed E-state index contributed by atoms with van der Waals surface area (Å²) in [5, 5.41) is 3.03. The van der Waals surface area contributed by atoms with Crippen molar-refractivity contribution in [2.75, 3.05) is 12.4 Å². The second-order valence-corrected chi connectivity index (χ2v) is 3.16. The maximum absolute atomic E-state index is 5.47. The molecule has 0 spiro atoms. The molecule has 0 saturated heterocycles. The van der Waals surface area contributed by atoms with E-state index in [4.69, 9.17) is 17.2 Å². The van der Waals surface area contributed by atoms with Crippen molar-refractivity contribution in [3.63, 3.8) is 0 Å². The SMILES string of the molecule is CNc1ccc(CN=C(N)N=C(N)N)cc1. The zero-order valence-electron chi connectivity index (χ0n) is 9.14. The fraction of sp³-hybridized carbons (Fsp3) is 0.200. The first-order valence-electron chi connectivity index (χ1n) is 4.78. The van der Waals surface area contributed by atoms with Crippen LogP contribution in [0.2, 0.25) is 0 Å². The molecule has 7 N–H and O–H groups in total. The Morgan fingerprint density at radius 3 is 2.31 bits per heavy atom. The summed E-state index contributed by atoms with van der Waals surface area (Å²) >= 11 is 0. The van der Waals surface area contributed by atoms with Crippen LogP contribution in [0, 0.1) is 0 Å². The Morgan fingerprint density at radius 1 is 1.19 bits per heavy atom. The molecular weight excluding hydrogens is 204 g/mol. The monoisotopic (exact) mass is 220 g/mol. The van der Waals surface area contributed by atoms with Gasteiger partial charge in [-0.05, 0) is 17.7 Å². The van der Waals surface area contributed by atoms with E-state index in [2.05, 4.69) is 15.3 Å². The molecule has 6 heteroatoms. The van der Waals surface area contributed by atoms with Gasteiger partial charge >= 0.3 is 0 Å². The molecule has 0 amide bonds. The molecule has 0 aromatic heterocycles. The molecule has 0 aliphatic heterocycles. The maximum atomic E-state index is 5.47. The third kappa shape index (κ3) is 3.87. The number of aliphatic imine (C=N–C) groups is 2. The molecule has 0 unspecified atom stereocenters. The smallest absolute Gasteiger partial charge is 0.218 e. The van der Waals surface area contributed by atoms with Crippen molar-refractivity contribution in [3.05, 3.63) is 29.8 Å². The number of benzene rings is 1. The first kappa shape index (κ1) is 11.8. The average molecular weight is 220 g/mol. The summed E-state index contributed by atoms with van der Waals surface area (Å²) in [5.74, 6) is -0.00975. The average Bonchev–Trinajstić information content (AvgIpc) is 2.26. The van der Waals surface area contributed by atoms with E-state index >= 15 is 0 Å². The molecule has 16 heavy (non-hydrogen) atoms. The van der Waals surface area contributed by atoms with E-state index in [1.807, 2.05) is 31.3 Å². The number of nitrogens with one attached hydrogen (secondary N) is 1. The number of nitrogens with zero attached hydrogens (tertiary/aromatic N) is 2. The summed E-state index contributed by atoms with van der Waals surface area (Å²) in [6.07, 6.45) is 0. The van der Waals surface area contributed by atoms with Crippen molar-refractivity contribution >= 4 is 17.6 Å². The van der Waals surface area contributed by atoms with Crippen molar-refractivity contribution in [2.45, 2.75) is 6.54 Å². The lowest BCUT2D eigenvalue weighted by Crippen LogP contribution is -2.26. The summed E-state index contributed by atoms with van der Waals surface area (Å²) in [4.78, 5) is 7.63. The number of hydrogen-bond acceptors (Lipinski definition) is 2. The first-order chi connectivity index (χ1) is 7.61. The van der Waals surface area contributed by atoms with Gasteiger partial charge in [0.05, 0.1) is 6.54 Å². The van der Waals surface area contributed by atoms with Crippen LogP contribution in [-0.4, -0.2) is 19.0 Å². The van der Waals surface area contributed by atoms with Crippen LogP contribution < -0.4 is 22.5 Å². The fourth-order valence-electron chi connectivity index (χ4n) is 1.12. The lowest BCUT2D eigenvalue weighted by atomic mass is 10.2. The molecular formula is C10H16N6. The molecule has 0 aliphatic rings. The highest BCUT2D eigenvalue weighted by Gasteiger charge is 1.93. The number of guanidine groups is 2. The Labute approximate surface area is 94.3 Å². The van der Waals surface area contributed by atoms with Crippen molar-refractivity contribution < 1.29 is 0 Å². The zero-order chi connectivity index (χ0) is 12.0. The summed E-state index contributed by atoms with van der Waals surface area (Å²) < 4.78 is 0. The molecule has 6 nitrogen and oxygen atoms in total. The summed E-state index contributed by atoms with van der Waals surface area (Å²) in [6.45, 7) is 0.451. The van der Waals surface area contributed by atoms with E-state index in [1.54, 1.807) is 0 Å². The van der Waals surface area contributed by atoms with Gasteiger partial charge in [0, 0.05) is 12.7 Å². The van der Waals surface area contributed by atoms with Crippen LogP contribution in [0.3, 0.4) is 0 Å². The minimum absolute atomic E-state index is 0.0812. The number of nitrogens with two attached hydrogens (primary N) is 3. The Morgan fingerprint density at radius 2 is 1.81 bits per heavy atom. The zero-order valence-corrected chi connectivity index (χ0v) is 9.14. The quantitative estimate of drug-likeness (QED) is 0.417. The van der Waals surface area contributed by atoms with Gasteiger partial charge in [0.1, 0.15) is 0 Å². The van der Waals surface area contributed by atoms with E-state index < -0.39 is 0 Å². The van der Waals surface area contributed by atoms with Crippen molar-refractivity contribution in [1.82, 2.24) is 0 Å². The molecule has 0 radical (unpaired) electrons. The molecule has 0 heterocycles. The molecule has 0 fully saturated rings. The van der Waals surface area contributed by atoms with Crippen LogP contribution in [0.25, 0.3) is 0 Å².